The number of aliphatic hydroxyl groups excluding tert-OH is 1. The number of methoxy groups -OCH3 is 1. The molecule has 0 fully saturated rings. The third kappa shape index (κ3) is 4.75. The van der Waals surface area contributed by atoms with Gasteiger partial charge in [0.05, 0.1) is 13.2 Å². The maximum atomic E-state index is 11.6. The van der Waals surface area contributed by atoms with Gasteiger partial charge in [0.25, 0.3) is 0 Å². The van der Waals surface area contributed by atoms with Gasteiger partial charge in [-0.1, -0.05) is 12.1 Å². The molecule has 18 heavy (non-hydrogen) atoms. The number of unbranched alkanes of at least 4 members (excludes halogenated alkanes) is 1. The average Bonchev–Trinajstić information content (AvgIpc) is 2.39. The van der Waals surface area contributed by atoms with E-state index in [9.17, 15) is 4.79 Å². The van der Waals surface area contributed by atoms with Gasteiger partial charge in [-0.05, 0) is 37.5 Å². The van der Waals surface area contributed by atoms with Crippen LogP contribution in [0.5, 0.6) is 5.75 Å². The van der Waals surface area contributed by atoms with Crippen LogP contribution in [0.2, 0.25) is 0 Å². The molecule has 0 saturated heterocycles. The monoisotopic (exact) mass is 251 g/mol. The molecule has 2 N–H and O–H groups in total. The van der Waals surface area contributed by atoms with Crippen molar-refractivity contribution in [2.45, 2.75) is 32.2 Å². The van der Waals surface area contributed by atoms with Crippen molar-refractivity contribution in [3.8, 4) is 5.75 Å². The molecular formula is C14H21NO3. The van der Waals surface area contributed by atoms with E-state index in [2.05, 4.69) is 5.32 Å². The summed E-state index contributed by atoms with van der Waals surface area (Å²) >= 11 is 0. The molecule has 0 spiro atoms. The molecule has 100 valence electrons. The van der Waals surface area contributed by atoms with E-state index in [-0.39, 0.29) is 18.6 Å². The molecule has 1 rings (SSSR count). The fourth-order valence-corrected chi connectivity index (χ4v) is 1.71. The van der Waals surface area contributed by atoms with Crippen molar-refractivity contribution in [3.63, 3.8) is 0 Å². The first-order valence-electron chi connectivity index (χ1n) is 6.21. The lowest BCUT2D eigenvalue weighted by Gasteiger charge is -2.15. The Bertz CT molecular complexity index is 379. The van der Waals surface area contributed by atoms with E-state index < -0.39 is 0 Å². The van der Waals surface area contributed by atoms with E-state index in [0.717, 1.165) is 11.3 Å². The zero-order valence-electron chi connectivity index (χ0n) is 11.0. The molecule has 0 heterocycles. The molecule has 0 bridgehead atoms. The highest BCUT2D eigenvalue weighted by atomic mass is 16.5. The molecule has 4 heteroatoms. The number of benzene rings is 1. The van der Waals surface area contributed by atoms with E-state index >= 15 is 0 Å². The highest BCUT2D eigenvalue weighted by Gasteiger charge is 2.09. The van der Waals surface area contributed by atoms with Crippen LogP contribution in [-0.4, -0.2) is 24.7 Å². The van der Waals surface area contributed by atoms with Gasteiger partial charge in [-0.2, -0.15) is 0 Å². The van der Waals surface area contributed by atoms with Crippen LogP contribution in [0, 0.1) is 0 Å². The molecule has 0 radical (unpaired) electrons. The minimum atomic E-state index is -0.0401. The number of hydrogen-bond acceptors (Lipinski definition) is 3. The van der Waals surface area contributed by atoms with Crippen LogP contribution in [0.3, 0.4) is 0 Å². The Balaban J connectivity index is 2.48. The molecule has 1 aromatic rings. The number of carbonyl (C=O) groups excluding carboxylic acids is 1. The normalized spacial score (nSPS) is 11.9. The summed E-state index contributed by atoms with van der Waals surface area (Å²) in [7, 11) is 1.62. The molecule has 1 aromatic carbocycles. The topological polar surface area (TPSA) is 58.6 Å². The number of carbonyl (C=O) groups is 1. The van der Waals surface area contributed by atoms with Crippen LogP contribution < -0.4 is 10.1 Å². The standard InChI is InChI=1S/C14H21NO3/c1-11(15-14(17)8-3-4-9-16)12-6-5-7-13(10-12)18-2/h5-7,10-11,16H,3-4,8-9H2,1-2H3,(H,15,17). The van der Waals surface area contributed by atoms with Crippen molar-refractivity contribution < 1.29 is 14.6 Å². The summed E-state index contributed by atoms with van der Waals surface area (Å²) in [6, 6.07) is 7.61. The van der Waals surface area contributed by atoms with Crippen LogP contribution in [0.1, 0.15) is 37.8 Å². The third-order valence-electron chi connectivity index (χ3n) is 2.78. The van der Waals surface area contributed by atoms with Crippen LogP contribution >= 0.6 is 0 Å². The summed E-state index contributed by atoms with van der Waals surface area (Å²) in [5.41, 5.74) is 1.02. The number of aliphatic hydroxyl groups is 1. The smallest absolute Gasteiger partial charge is 0.220 e. The molecule has 0 aliphatic rings. The summed E-state index contributed by atoms with van der Waals surface area (Å²) in [5, 5.41) is 11.6. The molecule has 1 amide bonds. The first kappa shape index (κ1) is 14.5. The fraction of sp³-hybridized carbons (Fsp3) is 0.500. The maximum absolute atomic E-state index is 11.6. The number of nitrogens with one attached hydrogen (secondary N) is 1. The van der Waals surface area contributed by atoms with Crippen molar-refractivity contribution in [2.24, 2.45) is 0 Å². The van der Waals surface area contributed by atoms with Gasteiger partial charge in [-0.15, -0.1) is 0 Å². The van der Waals surface area contributed by atoms with Gasteiger partial charge in [0.1, 0.15) is 5.75 Å². The molecule has 0 aliphatic carbocycles. The fourth-order valence-electron chi connectivity index (χ4n) is 1.71. The zero-order valence-corrected chi connectivity index (χ0v) is 11.0. The quantitative estimate of drug-likeness (QED) is 0.729. The van der Waals surface area contributed by atoms with Gasteiger partial charge in [0.2, 0.25) is 5.91 Å². The van der Waals surface area contributed by atoms with Crippen molar-refractivity contribution in [2.75, 3.05) is 13.7 Å². The lowest BCUT2D eigenvalue weighted by Crippen LogP contribution is -2.26. The van der Waals surface area contributed by atoms with E-state index in [1.165, 1.54) is 0 Å². The van der Waals surface area contributed by atoms with Gasteiger partial charge >= 0.3 is 0 Å². The number of amides is 1. The van der Waals surface area contributed by atoms with Crippen molar-refractivity contribution >= 4 is 5.91 Å². The Kier molecular flexibility index (Phi) is 6.22. The Hall–Kier alpha value is -1.55. The van der Waals surface area contributed by atoms with Gasteiger partial charge in [-0.3, -0.25) is 4.79 Å². The van der Waals surface area contributed by atoms with E-state index in [1.807, 2.05) is 31.2 Å². The summed E-state index contributed by atoms with van der Waals surface area (Å²) in [4.78, 5) is 11.6. The van der Waals surface area contributed by atoms with Gasteiger partial charge in [0.15, 0.2) is 0 Å². The van der Waals surface area contributed by atoms with Crippen LogP contribution in [0.4, 0.5) is 0 Å². The number of rotatable bonds is 7. The van der Waals surface area contributed by atoms with Crippen LogP contribution in [0.15, 0.2) is 24.3 Å². The predicted octanol–water partition coefficient (Wildman–Crippen LogP) is 2.04. The number of hydrogen-bond donors (Lipinski definition) is 2. The van der Waals surface area contributed by atoms with E-state index in [4.69, 9.17) is 9.84 Å². The highest BCUT2D eigenvalue weighted by Crippen LogP contribution is 2.18. The second-order valence-electron chi connectivity index (χ2n) is 4.25. The summed E-state index contributed by atoms with van der Waals surface area (Å²) < 4.78 is 5.15. The lowest BCUT2D eigenvalue weighted by molar-refractivity contribution is -0.121. The Labute approximate surface area is 108 Å². The van der Waals surface area contributed by atoms with Crippen molar-refractivity contribution in [1.29, 1.82) is 0 Å². The molecule has 0 saturated carbocycles. The minimum absolute atomic E-state index is 0.0127. The van der Waals surface area contributed by atoms with Gasteiger partial charge < -0.3 is 15.2 Å². The van der Waals surface area contributed by atoms with Crippen LogP contribution in [0.25, 0.3) is 0 Å². The van der Waals surface area contributed by atoms with Crippen LogP contribution in [-0.2, 0) is 4.79 Å². The lowest BCUT2D eigenvalue weighted by atomic mass is 10.1. The second kappa shape index (κ2) is 7.71. The molecule has 1 unspecified atom stereocenters. The Morgan fingerprint density at radius 2 is 2.22 bits per heavy atom. The van der Waals surface area contributed by atoms with Crippen molar-refractivity contribution in [3.05, 3.63) is 29.8 Å². The Morgan fingerprint density at radius 3 is 2.89 bits per heavy atom. The third-order valence-corrected chi connectivity index (χ3v) is 2.78. The summed E-state index contributed by atoms with van der Waals surface area (Å²) in [6.45, 7) is 2.08. The van der Waals surface area contributed by atoms with E-state index in [1.54, 1.807) is 7.11 Å². The van der Waals surface area contributed by atoms with Gasteiger partial charge in [0, 0.05) is 13.0 Å². The number of ether oxygens (including phenoxy) is 1. The van der Waals surface area contributed by atoms with Crippen molar-refractivity contribution in [1.82, 2.24) is 5.32 Å². The summed E-state index contributed by atoms with van der Waals surface area (Å²) in [5.74, 6) is 0.799. The summed E-state index contributed by atoms with van der Waals surface area (Å²) in [6.07, 6.45) is 1.84. The van der Waals surface area contributed by atoms with E-state index in [0.29, 0.717) is 19.3 Å². The molecular weight excluding hydrogens is 230 g/mol. The molecule has 0 aromatic heterocycles. The first-order valence-corrected chi connectivity index (χ1v) is 6.21. The second-order valence-corrected chi connectivity index (χ2v) is 4.25. The highest BCUT2D eigenvalue weighted by molar-refractivity contribution is 5.76. The predicted molar refractivity (Wildman–Crippen MR) is 70.5 cm³/mol. The largest absolute Gasteiger partial charge is 0.497 e. The molecule has 4 nitrogen and oxygen atoms in total. The maximum Gasteiger partial charge on any atom is 0.220 e. The SMILES string of the molecule is COc1cccc(C(C)NC(=O)CCCCO)c1. The first-order chi connectivity index (χ1) is 8.67. The average molecular weight is 251 g/mol. The Morgan fingerprint density at radius 1 is 1.44 bits per heavy atom. The zero-order chi connectivity index (χ0) is 13.4. The van der Waals surface area contributed by atoms with Gasteiger partial charge in [-0.25, -0.2) is 0 Å². The molecule has 0 aliphatic heterocycles. The minimum Gasteiger partial charge on any atom is -0.497 e. The molecule has 1 atom stereocenters.